The topological polar surface area (TPSA) is 89.4 Å². The maximum absolute atomic E-state index is 13.1. The average Bonchev–Trinajstić information content (AvgIpc) is 3.46. The molecule has 2 heterocycles. The summed E-state index contributed by atoms with van der Waals surface area (Å²) in [5.74, 6) is -0.0720. The van der Waals surface area contributed by atoms with Crippen LogP contribution in [0.4, 0.5) is 5.69 Å². The quantitative estimate of drug-likeness (QED) is 0.678. The van der Waals surface area contributed by atoms with Gasteiger partial charge < -0.3 is 15.0 Å². The predicted octanol–water partition coefficient (Wildman–Crippen LogP) is 3.17. The summed E-state index contributed by atoms with van der Waals surface area (Å²) in [5, 5.41) is 11.5. The highest BCUT2D eigenvalue weighted by Crippen LogP contribution is 2.28. The van der Waals surface area contributed by atoms with Gasteiger partial charge in [-0.15, -0.1) is 0 Å². The number of anilines is 1. The van der Waals surface area contributed by atoms with E-state index in [9.17, 15) is 9.59 Å². The van der Waals surface area contributed by atoms with Gasteiger partial charge in [0.2, 0.25) is 5.91 Å². The second-order valence-electron chi connectivity index (χ2n) is 6.86. The molecule has 1 unspecified atom stereocenters. The number of nitrogens with zero attached hydrogens (tertiary/aromatic N) is 4. The van der Waals surface area contributed by atoms with Crippen LogP contribution in [0, 0.1) is 0 Å². The number of hydrogen-bond donors (Lipinski definition) is 1. The van der Waals surface area contributed by atoms with Gasteiger partial charge in [0, 0.05) is 17.3 Å². The largest absolute Gasteiger partial charge is 0.496 e. The highest BCUT2D eigenvalue weighted by molar-refractivity contribution is 6.31. The van der Waals surface area contributed by atoms with Crippen LogP contribution in [0.2, 0.25) is 5.02 Å². The summed E-state index contributed by atoms with van der Waals surface area (Å²) in [4.78, 5) is 29.1. The third kappa shape index (κ3) is 3.99. The molecule has 1 saturated heterocycles. The number of halogens is 1. The zero-order valence-corrected chi connectivity index (χ0v) is 17.0. The molecule has 1 atom stereocenters. The number of carbonyl (C=O) groups is 2. The number of hydrogen-bond acceptors (Lipinski definition) is 5. The summed E-state index contributed by atoms with van der Waals surface area (Å²) in [6.45, 7) is 0.497. The Morgan fingerprint density at radius 2 is 1.87 bits per heavy atom. The van der Waals surface area contributed by atoms with Crippen molar-refractivity contribution in [1.29, 1.82) is 0 Å². The Morgan fingerprint density at radius 3 is 2.57 bits per heavy atom. The first-order valence-electron chi connectivity index (χ1n) is 9.49. The third-order valence-electron chi connectivity index (χ3n) is 4.99. The Kier molecular flexibility index (Phi) is 5.67. The first kappa shape index (κ1) is 19.9. The van der Waals surface area contributed by atoms with E-state index in [1.54, 1.807) is 47.6 Å². The fourth-order valence-electron chi connectivity index (χ4n) is 3.54. The molecule has 2 aromatic carbocycles. The Labute approximate surface area is 178 Å². The van der Waals surface area contributed by atoms with Crippen molar-refractivity contribution in [2.45, 2.75) is 18.9 Å². The van der Waals surface area contributed by atoms with E-state index in [1.807, 2.05) is 12.1 Å². The number of nitrogens with one attached hydrogen (secondary N) is 1. The molecular formula is C21H20ClN5O3. The van der Waals surface area contributed by atoms with E-state index in [2.05, 4.69) is 15.5 Å². The maximum atomic E-state index is 13.1. The fraction of sp³-hybridized carbons (Fsp3) is 0.238. The molecule has 1 aliphatic heterocycles. The lowest BCUT2D eigenvalue weighted by atomic mass is 10.1. The lowest BCUT2D eigenvalue weighted by Crippen LogP contribution is -2.43. The van der Waals surface area contributed by atoms with E-state index >= 15 is 0 Å². The Hall–Kier alpha value is -3.39. The lowest BCUT2D eigenvalue weighted by molar-refractivity contribution is -0.119. The van der Waals surface area contributed by atoms with Crippen LogP contribution in [0.1, 0.15) is 23.2 Å². The van der Waals surface area contributed by atoms with Crippen molar-refractivity contribution in [1.82, 2.24) is 19.9 Å². The Bertz CT molecular complexity index is 1050. The molecule has 4 rings (SSSR count). The van der Waals surface area contributed by atoms with E-state index in [0.717, 1.165) is 12.1 Å². The smallest absolute Gasteiger partial charge is 0.258 e. The molecule has 1 fully saturated rings. The molecule has 1 aromatic heterocycles. The van der Waals surface area contributed by atoms with E-state index in [4.69, 9.17) is 16.3 Å². The molecule has 3 aromatic rings. The monoisotopic (exact) mass is 425 g/mol. The standard InChI is InChI=1S/C21H20ClN5O3/c1-30-19-9-4-14(22)13-17(19)21(29)26-12-2-3-18(26)20(28)25-15-5-7-16(8-6-15)27-23-10-11-24-27/h4-11,13,18H,2-3,12H2,1H3,(H,25,28). The predicted molar refractivity (Wildman–Crippen MR) is 112 cm³/mol. The minimum atomic E-state index is -0.561. The molecule has 0 bridgehead atoms. The molecule has 0 aliphatic carbocycles. The first-order valence-corrected chi connectivity index (χ1v) is 9.87. The molecule has 0 saturated carbocycles. The number of likely N-dealkylation sites (tertiary alicyclic amines) is 1. The molecular weight excluding hydrogens is 406 g/mol. The van der Waals surface area contributed by atoms with Gasteiger partial charge in [-0.2, -0.15) is 15.0 Å². The van der Waals surface area contributed by atoms with Gasteiger partial charge >= 0.3 is 0 Å². The van der Waals surface area contributed by atoms with Gasteiger partial charge in [0.1, 0.15) is 11.8 Å². The van der Waals surface area contributed by atoms with Gasteiger partial charge in [0.15, 0.2) is 0 Å². The van der Waals surface area contributed by atoms with E-state index in [-0.39, 0.29) is 11.8 Å². The second kappa shape index (κ2) is 8.54. The van der Waals surface area contributed by atoms with Crippen LogP contribution < -0.4 is 10.1 Å². The van der Waals surface area contributed by atoms with Gasteiger partial charge in [-0.05, 0) is 55.3 Å². The van der Waals surface area contributed by atoms with Crippen LogP contribution in [0.15, 0.2) is 54.9 Å². The Morgan fingerprint density at radius 1 is 1.13 bits per heavy atom. The van der Waals surface area contributed by atoms with Gasteiger partial charge in [-0.1, -0.05) is 11.6 Å². The van der Waals surface area contributed by atoms with Crippen LogP contribution in [-0.4, -0.2) is 51.4 Å². The zero-order chi connectivity index (χ0) is 21.1. The van der Waals surface area contributed by atoms with E-state index in [0.29, 0.717) is 35.0 Å². The van der Waals surface area contributed by atoms with Crippen LogP contribution in [0.5, 0.6) is 5.75 Å². The van der Waals surface area contributed by atoms with E-state index < -0.39 is 6.04 Å². The minimum absolute atomic E-state index is 0.230. The highest BCUT2D eigenvalue weighted by Gasteiger charge is 2.35. The van der Waals surface area contributed by atoms with Gasteiger partial charge in [0.05, 0.1) is 30.8 Å². The number of rotatable bonds is 5. The molecule has 8 nitrogen and oxygen atoms in total. The van der Waals surface area contributed by atoms with Crippen molar-refractivity contribution in [3.05, 3.63) is 65.4 Å². The highest BCUT2D eigenvalue weighted by atomic mass is 35.5. The summed E-state index contributed by atoms with van der Waals surface area (Å²) in [7, 11) is 1.50. The first-order chi connectivity index (χ1) is 14.6. The van der Waals surface area contributed by atoms with Gasteiger partial charge in [0.25, 0.3) is 5.91 Å². The molecule has 0 radical (unpaired) electrons. The molecule has 30 heavy (non-hydrogen) atoms. The third-order valence-corrected chi connectivity index (χ3v) is 5.23. The van der Waals surface area contributed by atoms with Crippen LogP contribution >= 0.6 is 11.6 Å². The summed E-state index contributed by atoms with van der Waals surface area (Å²) in [6, 6.07) is 11.5. The normalized spacial score (nSPS) is 15.8. The molecule has 0 spiro atoms. The molecule has 1 N–H and O–H groups in total. The number of methoxy groups -OCH3 is 1. The summed E-state index contributed by atoms with van der Waals surface area (Å²) in [6.07, 6.45) is 4.53. The van der Waals surface area contributed by atoms with E-state index in [1.165, 1.54) is 11.9 Å². The SMILES string of the molecule is COc1ccc(Cl)cc1C(=O)N1CCCC1C(=O)Nc1ccc(-n2nccn2)cc1. The van der Waals surface area contributed by atoms with Crippen LogP contribution in [0.25, 0.3) is 5.69 Å². The molecule has 154 valence electrons. The second-order valence-corrected chi connectivity index (χ2v) is 7.29. The average molecular weight is 426 g/mol. The number of aromatic nitrogens is 3. The number of carbonyl (C=O) groups excluding carboxylic acids is 2. The Balaban J connectivity index is 1.48. The fourth-order valence-corrected chi connectivity index (χ4v) is 3.71. The van der Waals surface area contributed by atoms with Crippen molar-refractivity contribution in [3.8, 4) is 11.4 Å². The van der Waals surface area contributed by atoms with Crippen molar-refractivity contribution in [2.24, 2.45) is 0 Å². The van der Waals surface area contributed by atoms with Crippen LogP contribution in [-0.2, 0) is 4.79 Å². The van der Waals surface area contributed by atoms with Gasteiger partial charge in [-0.25, -0.2) is 0 Å². The van der Waals surface area contributed by atoms with Crippen molar-refractivity contribution < 1.29 is 14.3 Å². The summed E-state index contributed by atoms with van der Waals surface area (Å²) >= 11 is 6.06. The molecule has 2 amide bonds. The number of amides is 2. The number of ether oxygens (including phenoxy) is 1. The number of benzene rings is 2. The van der Waals surface area contributed by atoms with Crippen molar-refractivity contribution >= 4 is 29.1 Å². The van der Waals surface area contributed by atoms with Gasteiger partial charge in [-0.3, -0.25) is 9.59 Å². The summed E-state index contributed by atoms with van der Waals surface area (Å²) < 4.78 is 5.30. The molecule has 9 heteroatoms. The van der Waals surface area contributed by atoms with Crippen LogP contribution in [0.3, 0.4) is 0 Å². The minimum Gasteiger partial charge on any atom is -0.496 e. The van der Waals surface area contributed by atoms with Crippen molar-refractivity contribution in [2.75, 3.05) is 19.0 Å². The zero-order valence-electron chi connectivity index (χ0n) is 16.3. The lowest BCUT2D eigenvalue weighted by Gasteiger charge is -2.25. The summed E-state index contributed by atoms with van der Waals surface area (Å²) in [5.41, 5.74) is 1.76. The van der Waals surface area contributed by atoms with Crippen molar-refractivity contribution in [3.63, 3.8) is 0 Å². The molecule has 1 aliphatic rings. The maximum Gasteiger partial charge on any atom is 0.258 e.